The summed E-state index contributed by atoms with van der Waals surface area (Å²) in [5.41, 5.74) is 1.46. The molecule has 5 nitrogen and oxygen atoms in total. The van der Waals surface area contributed by atoms with Gasteiger partial charge in [-0.1, -0.05) is 63.6 Å². The van der Waals surface area contributed by atoms with Crippen LogP contribution in [-0.4, -0.2) is 30.3 Å². The van der Waals surface area contributed by atoms with Gasteiger partial charge in [-0.05, 0) is 24.3 Å². The van der Waals surface area contributed by atoms with Gasteiger partial charge < -0.3 is 10.1 Å². The Hall–Kier alpha value is -1.88. The van der Waals surface area contributed by atoms with Crippen molar-refractivity contribution in [2.45, 2.75) is 66.4 Å². The lowest BCUT2D eigenvalue weighted by atomic mass is 9.96. The summed E-state index contributed by atoms with van der Waals surface area (Å²) in [6.45, 7) is 9.84. The highest BCUT2D eigenvalue weighted by Crippen LogP contribution is 2.16. The zero-order chi connectivity index (χ0) is 21.6. The standard InChI is InChI=1S/C22H34ClNO4/c1-17(20(12-10-15-23)28-18(2)25)19(26)11-7-9-16-24-21(27)13-6-8-14-22(3,4)5/h7-8,10-11,14-15,17,20H,6,9,12-13,16H2,1-5H3,(H,24,27)/b11-7+,14-8+,15-10+/t17-,20-/m0/s1. The molecule has 0 radical (unpaired) electrons. The summed E-state index contributed by atoms with van der Waals surface area (Å²) in [7, 11) is 0. The fraction of sp³-hybridized carbons (Fsp3) is 0.591. The van der Waals surface area contributed by atoms with Crippen molar-refractivity contribution in [2.24, 2.45) is 11.3 Å². The van der Waals surface area contributed by atoms with E-state index >= 15 is 0 Å². The zero-order valence-corrected chi connectivity index (χ0v) is 18.4. The van der Waals surface area contributed by atoms with Crippen LogP contribution >= 0.6 is 11.6 Å². The van der Waals surface area contributed by atoms with E-state index in [1.54, 1.807) is 19.1 Å². The molecule has 0 aromatic rings. The summed E-state index contributed by atoms with van der Waals surface area (Å²) in [4.78, 5) is 35.2. The Bertz CT molecular complexity index is 588. The zero-order valence-electron chi connectivity index (χ0n) is 17.7. The van der Waals surface area contributed by atoms with Gasteiger partial charge in [0.2, 0.25) is 5.91 Å². The van der Waals surface area contributed by atoms with Crippen molar-refractivity contribution in [3.8, 4) is 0 Å². The molecule has 0 bridgehead atoms. The Labute approximate surface area is 174 Å². The molecule has 0 aliphatic rings. The van der Waals surface area contributed by atoms with E-state index in [1.165, 1.54) is 18.5 Å². The van der Waals surface area contributed by atoms with Gasteiger partial charge in [0, 0.05) is 31.8 Å². The minimum atomic E-state index is -0.550. The lowest BCUT2D eigenvalue weighted by Crippen LogP contribution is -2.29. The topological polar surface area (TPSA) is 72.5 Å². The van der Waals surface area contributed by atoms with E-state index in [0.717, 1.165) is 0 Å². The predicted octanol–water partition coefficient (Wildman–Crippen LogP) is 4.71. The molecular weight excluding hydrogens is 378 g/mol. The molecule has 0 fully saturated rings. The molecule has 158 valence electrons. The Morgan fingerprint density at radius 3 is 2.36 bits per heavy atom. The summed E-state index contributed by atoms with van der Waals surface area (Å²) >= 11 is 5.51. The number of hydrogen-bond donors (Lipinski definition) is 1. The molecule has 0 aliphatic carbocycles. The first-order valence-electron chi connectivity index (χ1n) is 9.64. The van der Waals surface area contributed by atoms with Gasteiger partial charge >= 0.3 is 5.97 Å². The molecule has 6 heteroatoms. The van der Waals surface area contributed by atoms with Crippen molar-refractivity contribution in [3.05, 3.63) is 35.9 Å². The SMILES string of the molecule is CC(=O)O[C@@H](C/C=C/Cl)[C@@H](C)C(=O)/C=C/CCNC(=O)CC/C=C/C(C)(C)C. The fourth-order valence-electron chi connectivity index (χ4n) is 2.32. The Balaban J connectivity index is 4.25. The van der Waals surface area contributed by atoms with Gasteiger partial charge in [-0.2, -0.15) is 0 Å². The smallest absolute Gasteiger partial charge is 0.302 e. The highest BCUT2D eigenvalue weighted by molar-refractivity contribution is 6.25. The summed E-state index contributed by atoms with van der Waals surface area (Å²) in [5, 5.41) is 2.83. The summed E-state index contributed by atoms with van der Waals surface area (Å²) in [5.74, 6) is -1.05. The molecular formula is C22H34ClNO4. The van der Waals surface area contributed by atoms with Gasteiger partial charge in [0.25, 0.3) is 0 Å². The number of amides is 1. The van der Waals surface area contributed by atoms with Crippen molar-refractivity contribution >= 4 is 29.3 Å². The average molecular weight is 412 g/mol. The number of rotatable bonds is 12. The maximum Gasteiger partial charge on any atom is 0.302 e. The Kier molecular flexibility index (Phi) is 13.2. The predicted molar refractivity (Wildman–Crippen MR) is 114 cm³/mol. The molecule has 0 aliphatic heterocycles. The van der Waals surface area contributed by atoms with Crippen LogP contribution in [0.15, 0.2) is 35.9 Å². The second kappa shape index (κ2) is 14.2. The number of ether oxygens (including phenoxy) is 1. The van der Waals surface area contributed by atoms with Gasteiger partial charge in [-0.15, -0.1) is 0 Å². The number of hydrogen-bond acceptors (Lipinski definition) is 4. The van der Waals surface area contributed by atoms with Crippen LogP contribution in [0.5, 0.6) is 0 Å². The van der Waals surface area contributed by atoms with Crippen LogP contribution in [-0.2, 0) is 19.1 Å². The molecule has 1 N–H and O–H groups in total. The van der Waals surface area contributed by atoms with Crippen molar-refractivity contribution in [2.75, 3.05) is 6.54 Å². The highest BCUT2D eigenvalue weighted by atomic mass is 35.5. The maximum atomic E-state index is 12.3. The highest BCUT2D eigenvalue weighted by Gasteiger charge is 2.23. The molecule has 1 amide bonds. The van der Waals surface area contributed by atoms with E-state index in [9.17, 15) is 14.4 Å². The number of carbonyl (C=O) groups excluding carboxylic acids is 3. The number of esters is 1. The Morgan fingerprint density at radius 2 is 1.79 bits per heavy atom. The van der Waals surface area contributed by atoms with Gasteiger partial charge in [0.1, 0.15) is 6.10 Å². The van der Waals surface area contributed by atoms with Crippen LogP contribution in [0.1, 0.15) is 60.3 Å². The average Bonchev–Trinajstić information content (AvgIpc) is 2.60. The van der Waals surface area contributed by atoms with Gasteiger partial charge in [-0.25, -0.2) is 0 Å². The number of halogens is 1. The first kappa shape index (κ1) is 26.1. The number of allylic oxidation sites excluding steroid dienone is 3. The number of ketones is 1. The van der Waals surface area contributed by atoms with Gasteiger partial charge in [0.15, 0.2) is 5.78 Å². The normalized spacial score (nSPS) is 14.5. The summed E-state index contributed by atoms with van der Waals surface area (Å²) in [6, 6.07) is 0. The number of nitrogens with one attached hydrogen (secondary N) is 1. The fourth-order valence-corrected chi connectivity index (χ4v) is 2.43. The van der Waals surface area contributed by atoms with Gasteiger partial charge in [0.05, 0.1) is 5.92 Å². The second-order valence-corrected chi connectivity index (χ2v) is 8.04. The molecule has 0 aromatic carbocycles. The minimum absolute atomic E-state index is 0.00515. The minimum Gasteiger partial charge on any atom is -0.461 e. The maximum absolute atomic E-state index is 12.3. The van der Waals surface area contributed by atoms with E-state index in [2.05, 4.69) is 32.2 Å². The molecule has 0 aromatic heterocycles. The van der Waals surface area contributed by atoms with Crippen molar-refractivity contribution in [1.29, 1.82) is 0 Å². The molecule has 0 unspecified atom stereocenters. The monoisotopic (exact) mass is 411 g/mol. The molecule has 0 saturated carbocycles. The van der Waals surface area contributed by atoms with Crippen LogP contribution in [0.2, 0.25) is 0 Å². The summed E-state index contributed by atoms with van der Waals surface area (Å²) < 4.78 is 5.20. The molecule has 0 spiro atoms. The van der Waals surface area contributed by atoms with E-state index in [0.29, 0.717) is 32.2 Å². The third-order valence-corrected chi connectivity index (χ3v) is 4.03. The van der Waals surface area contributed by atoms with Crippen molar-refractivity contribution in [1.82, 2.24) is 5.32 Å². The lowest BCUT2D eigenvalue weighted by Gasteiger charge is -2.20. The summed E-state index contributed by atoms with van der Waals surface area (Å²) in [6.07, 6.45) is 10.5. The first-order chi connectivity index (χ1) is 13.1. The molecule has 0 rings (SSSR count). The van der Waals surface area contributed by atoms with E-state index in [1.807, 2.05) is 6.08 Å². The quantitative estimate of drug-likeness (QED) is 0.218. The lowest BCUT2D eigenvalue weighted by molar-refractivity contribution is -0.149. The van der Waals surface area contributed by atoms with E-state index in [4.69, 9.17) is 16.3 Å². The third-order valence-electron chi connectivity index (χ3n) is 3.85. The van der Waals surface area contributed by atoms with Crippen LogP contribution in [0, 0.1) is 11.3 Å². The van der Waals surface area contributed by atoms with Crippen molar-refractivity contribution in [3.63, 3.8) is 0 Å². The molecule has 0 heterocycles. The Morgan fingerprint density at radius 1 is 1.11 bits per heavy atom. The van der Waals surface area contributed by atoms with Crippen molar-refractivity contribution < 1.29 is 19.1 Å². The third kappa shape index (κ3) is 14.2. The van der Waals surface area contributed by atoms with E-state index in [-0.39, 0.29) is 17.1 Å². The molecule has 28 heavy (non-hydrogen) atoms. The number of carbonyl (C=O) groups is 3. The van der Waals surface area contributed by atoms with Crippen LogP contribution < -0.4 is 5.32 Å². The second-order valence-electron chi connectivity index (χ2n) is 7.78. The first-order valence-corrected chi connectivity index (χ1v) is 10.1. The molecule has 0 saturated heterocycles. The van der Waals surface area contributed by atoms with E-state index < -0.39 is 18.0 Å². The van der Waals surface area contributed by atoms with Crippen LogP contribution in [0.25, 0.3) is 0 Å². The van der Waals surface area contributed by atoms with Crippen LogP contribution in [0.3, 0.4) is 0 Å². The largest absolute Gasteiger partial charge is 0.461 e. The van der Waals surface area contributed by atoms with Crippen LogP contribution in [0.4, 0.5) is 0 Å². The molecule has 2 atom stereocenters. The van der Waals surface area contributed by atoms with Gasteiger partial charge in [-0.3, -0.25) is 14.4 Å².